The number of hydrogen-bond acceptors (Lipinski definition) is 2. The molecule has 0 saturated heterocycles. The van der Waals surface area contributed by atoms with Gasteiger partial charge in [-0.25, -0.2) is 0 Å². The molecule has 3 heteroatoms. The molecule has 0 aliphatic carbocycles. The lowest BCUT2D eigenvalue weighted by atomic mass is 9.86. The van der Waals surface area contributed by atoms with Crippen molar-refractivity contribution in [3.63, 3.8) is 0 Å². The minimum absolute atomic E-state index is 0.133. The van der Waals surface area contributed by atoms with Gasteiger partial charge in [-0.1, -0.05) is 24.3 Å². The molecule has 4 rings (SSSR count). The molecule has 19 heavy (non-hydrogen) atoms. The van der Waals surface area contributed by atoms with Gasteiger partial charge >= 0.3 is 0 Å². The van der Waals surface area contributed by atoms with Crippen molar-refractivity contribution >= 4 is 5.91 Å². The number of pyridine rings is 1. The molecule has 0 bridgehead atoms. The Morgan fingerprint density at radius 2 is 2.05 bits per heavy atom. The highest BCUT2D eigenvalue weighted by molar-refractivity contribution is 5.96. The predicted molar refractivity (Wildman–Crippen MR) is 71.9 cm³/mol. The van der Waals surface area contributed by atoms with E-state index in [2.05, 4.69) is 29.2 Å². The van der Waals surface area contributed by atoms with Crippen molar-refractivity contribution in [1.82, 2.24) is 9.88 Å². The first-order chi connectivity index (χ1) is 9.34. The van der Waals surface area contributed by atoms with Crippen LogP contribution in [0.2, 0.25) is 0 Å². The summed E-state index contributed by atoms with van der Waals surface area (Å²) in [4.78, 5) is 18.9. The Kier molecular flexibility index (Phi) is 2.21. The Balaban J connectivity index is 1.85. The van der Waals surface area contributed by atoms with Crippen LogP contribution in [-0.4, -0.2) is 22.3 Å². The van der Waals surface area contributed by atoms with Gasteiger partial charge < -0.3 is 4.90 Å². The van der Waals surface area contributed by atoms with E-state index in [1.165, 1.54) is 11.1 Å². The third-order valence-corrected chi connectivity index (χ3v) is 4.18. The van der Waals surface area contributed by atoms with E-state index in [4.69, 9.17) is 0 Å². The fraction of sp³-hybridized carbons (Fsp3) is 0.250. The molecule has 0 radical (unpaired) electrons. The second-order valence-corrected chi connectivity index (χ2v) is 5.16. The van der Waals surface area contributed by atoms with Crippen LogP contribution in [0, 0.1) is 0 Å². The molecule has 3 nitrogen and oxygen atoms in total. The summed E-state index contributed by atoms with van der Waals surface area (Å²) in [5.74, 6) is 0.133. The zero-order chi connectivity index (χ0) is 12.8. The maximum Gasteiger partial charge on any atom is 0.256 e. The molecule has 0 fully saturated rings. The maximum absolute atomic E-state index is 12.5. The fourth-order valence-electron chi connectivity index (χ4n) is 3.25. The zero-order valence-corrected chi connectivity index (χ0v) is 10.5. The highest BCUT2D eigenvalue weighted by Gasteiger charge is 2.36. The second-order valence-electron chi connectivity index (χ2n) is 5.16. The second kappa shape index (κ2) is 3.92. The van der Waals surface area contributed by atoms with Gasteiger partial charge in [0.15, 0.2) is 0 Å². The molecule has 0 saturated carbocycles. The number of aromatic nitrogens is 1. The topological polar surface area (TPSA) is 33.2 Å². The number of fused-ring (bicyclic) bond motifs is 4. The number of rotatable bonds is 0. The number of carbonyl (C=O) groups excluding carboxylic acids is 1. The number of amides is 1. The van der Waals surface area contributed by atoms with Gasteiger partial charge in [0.1, 0.15) is 0 Å². The summed E-state index contributed by atoms with van der Waals surface area (Å²) in [6, 6.07) is 12.3. The van der Waals surface area contributed by atoms with Crippen molar-refractivity contribution in [3.05, 3.63) is 65.0 Å². The third kappa shape index (κ3) is 1.51. The lowest BCUT2D eigenvalue weighted by Crippen LogP contribution is -2.44. The summed E-state index contributed by atoms with van der Waals surface area (Å²) in [5, 5.41) is 0. The zero-order valence-electron chi connectivity index (χ0n) is 10.5. The first-order valence-electron chi connectivity index (χ1n) is 6.67. The van der Waals surface area contributed by atoms with Crippen LogP contribution in [0.15, 0.2) is 42.6 Å². The van der Waals surface area contributed by atoms with E-state index in [0.29, 0.717) is 0 Å². The van der Waals surface area contributed by atoms with Crippen LogP contribution in [0.25, 0.3) is 0 Å². The van der Waals surface area contributed by atoms with Crippen LogP contribution in [0.5, 0.6) is 0 Å². The lowest BCUT2D eigenvalue weighted by molar-refractivity contribution is 0.0629. The van der Waals surface area contributed by atoms with Gasteiger partial charge in [0, 0.05) is 19.2 Å². The maximum atomic E-state index is 12.5. The lowest BCUT2D eigenvalue weighted by Gasteiger charge is -2.40. The van der Waals surface area contributed by atoms with Gasteiger partial charge in [-0.05, 0) is 29.7 Å². The number of nitrogens with zero attached hydrogens (tertiary/aromatic N) is 2. The van der Waals surface area contributed by atoms with E-state index in [0.717, 1.165) is 30.6 Å². The van der Waals surface area contributed by atoms with Gasteiger partial charge in [0.2, 0.25) is 0 Å². The SMILES string of the molecule is O=C1c2cccnc2C[C@@H]2c3ccccc3CCN12. The molecule has 1 atom stereocenters. The summed E-state index contributed by atoms with van der Waals surface area (Å²) in [6.07, 6.45) is 3.56. The van der Waals surface area contributed by atoms with Crippen molar-refractivity contribution in [2.45, 2.75) is 18.9 Å². The molecule has 1 aromatic heterocycles. The number of carbonyl (C=O) groups is 1. The van der Waals surface area contributed by atoms with Crippen molar-refractivity contribution in [2.24, 2.45) is 0 Å². The summed E-state index contributed by atoms with van der Waals surface area (Å²) < 4.78 is 0. The first-order valence-corrected chi connectivity index (χ1v) is 6.67. The van der Waals surface area contributed by atoms with Crippen molar-refractivity contribution in [2.75, 3.05) is 6.54 Å². The molecular formula is C16H14N2O. The van der Waals surface area contributed by atoms with E-state index in [1.807, 2.05) is 17.0 Å². The van der Waals surface area contributed by atoms with Crippen LogP contribution in [0.4, 0.5) is 0 Å². The smallest absolute Gasteiger partial charge is 0.256 e. The van der Waals surface area contributed by atoms with Crippen molar-refractivity contribution in [3.8, 4) is 0 Å². The summed E-state index contributed by atoms with van der Waals surface area (Å²) >= 11 is 0. The molecule has 0 unspecified atom stereocenters. The third-order valence-electron chi connectivity index (χ3n) is 4.18. The predicted octanol–water partition coefficient (Wildman–Crippen LogP) is 2.38. The number of benzene rings is 1. The molecule has 0 spiro atoms. The van der Waals surface area contributed by atoms with Crippen LogP contribution in [-0.2, 0) is 12.8 Å². The Labute approximate surface area is 111 Å². The van der Waals surface area contributed by atoms with Crippen LogP contribution in [0.1, 0.15) is 33.2 Å². The quantitative estimate of drug-likeness (QED) is 0.719. The summed E-state index contributed by atoms with van der Waals surface area (Å²) in [5.41, 5.74) is 4.37. The number of hydrogen-bond donors (Lipinski definition) is 0. The van der Waals surface area contributed by atoms with E-state index in [9.17, 15) is 4.79 Å². The van der Waals surface area contributed by atoms with E-state index >= 15 is 0 Å². The first kappa shape index (κ1) is 10.7. The van der Waals surface area contributed by atoms with Gasteiger partial charge in [0.25, 0.3) is 5.91 Å². The van der Waals surface area contributed by atoms with Crippen molar-refractivity contribution in [1.29, 1.82) is 0 Å². The molecular weight excluding hydrogens is 236 g/mol. The van der Waals surface area contributed by atoms with Crippen molar-refractivity contribution < 1.29 is 4.79 Å². The monoisotopic (exact) mass is 250 g/mol. The average molecular weight is 250 g/mol. The van der Waals surface area contributed by atoms with E-state index < -0.39 is 0 Å². The normalized spacial score (nSPS) is 20.5. The van der Waals surface area contributed by atoms with Gasteiger partial charge in [-0.3, -0.25) is 9.78 Å². The standard InChI is InChI=1S/C16H14N2O/c19-16-13-6-3-8-17-14(13)10-15-12-5-2-1-4-11(12)7-9-18(15)16/h1-6,8,15H,7,9-10H2/t15-/m1/s1. The van der Waals surface area contributed by atoms with Crippen LogP contribution >= 0.6 is 0 Å². The fourth-order valence-corrected chi connectivity index (χ4v) is 3.25. The van der Waals surface area contributed by atoms with E-state index in [1.54, 1.807) is 6.20 Å². The molecule has 2 aromatic rings. The van der Waals surface area contributed by atoms with E-state index in [-0.39, 0.29) is 11.9 Å². The minimum atomic E-state index is 0.133. The highest BCUT2D eigenvalue weighted by Crippen LogP contribution is 2.36. The molecule has 1 amide bonds. The van der Waals surface area contributed by atoms with Gasteiger partial charge in [0.05, 0.1) is 17.3 Å². The average Bonchev–Trinajstić information content (AvgIpc) is 2.47. The summed E-state index contributed by atoms with van der Waals surface area (Å²) in [6.45, 7) is 0.814. The van der Waals surface area contributed by atoms with Crippen LogP contribution < -0.4 is 0 Å². The molecule has 1 aromatic carbocycles. The van der Waals surface area contributed by atoms with Gasteiger partial charge in [-0.15, -0.1) is 0 Å². The Morgan fingerprint density at radius 3 is 3.00 bits per heavy atom. The molecule has 0 N–H and O–H groups in total. The Hall–Kier alpha value is -2.16. The molecule has 3 heterocycles. The van der Waals surface area contributed by atoms with Gasteiger partial charge in [-0.2, -0.15) is 0 Å². The molecule has 2 aliphatic heterocycles. The minimum Gasteiger partial charge on any atom is -0.331 e. The largest absolute Gasteiger partial charge is 0.331 e. The Bertz CT molecular complexity index is 665. The molecule has 2 aliphatic rings. The van der Waals surface area contributed by atoms with Crippen LogP contribution in [0.3, 0.4) is 0 Å². The molecule has 94 valence electrons. The summed E-state index contributed by atoms with van der Waals surface area (Å²) in [7, 11) is 0. The Morgan fingerprint density at radius 1 is 1.16 bits per heavy atom. The highest BCUT2D eigenvalue weighted by atomic mass is 16.2.